The monoisotopic (exact) mass is 340 g/mol. The molecule has 2 unspecified atom stereocenters. The first-order valence-electron chi connectivity index (χ1n) is 7.75. The highest BCUT2D eigenvalue weighted by atomic mass is 79.9. The Labute approximate surface area is 130 Å². The molecule has 20 heavy (non-hydrogen) atoms. The predicted octanol–water partition coefficient (Wildman–Crippen LogP) is 2.45. The van der Waals surface area contributed by atoms with E-state index in [1.54, 1.807) is 0 Å². The van der Waals surface area contributed by atoms with Crippen molar-refractivity contribution >= 4 is 15.9 Å². The Bertz CT molecular complexity index is 480. The van der Waals surface area contributed by atoms with E-state index < -0.39 is 0 Å². The summed E-state index contributed by atoms with van der Waals surface area (Å²) in [6.45, 7) is 7.67. The number of nitrogens with zero attached hydrogens (tertiary/aromatic N) is 3. The molecule has 5 heteroatoms. The van der Waals surface area contributed by atoms with Crippen molar-refractivity contribution in [3.05, 3.63) is 15.9 Å². The van der Waals surface area contributed by atoms with Crippen molar-refractivity contribution in [3.8, 4) is 0 Å². The SMILES string of the molecule is CCC1CNC(C2CC2)CN1Cc1c(Br)c(C)nn1C. The fourth-order valence-electron chi connectivity index (χ4n) is 3.34. The van der Waals surface area contributed by atoms with Gasteiger partial charge in [-0.15, -0.1) is 0 Å². The van der Waals surface area contributed by atoms with Crippen molar-refractivity contribution in [1.29, 1.82) is 0 Å². The normalized spacial score (nSPS) is 28.0. The van der Waals surface area contributed by atoms with Crippen LogP contribution in [0.2, 0.25) is 0 Å². The number of rotatable bonds is 4. The van der Waals surface area contributed by atoms with Gasteiger partial charge in [-0.2, -0.15) is 5.10 Å². The first kappa shape index (κ1) is 14.5. The van der Waals surface area contributed by atoms with E-state index in [9.17, 15) is 0 Å². The molecule has 3 rings (SSSR count). The zero-order valence-electron chi connectivity index (χ0n) is 12.7. The summed E-state index contributed by atoms with van der Waals surface area (Å²) in [7, 11) is 2.05. The molecule has 1 saturated heterocycles. The third kappa shape index (κ3) is 2.81. The molecule has 1 N–H and O–H groups in total. The van der Waals surface area contributed by atoms with Crippen LogP contribution >= 0.6 is 15.9 Å². The number of halogens is 1. The molecule has 2 fully saturated rings. The third-order valence-electron chi connectivity index (χ3n) is 4.84. The fraction of sp³-hybridized carbons (Fsp3) is 0.800. The highest BCUT2D eigenvalue weighted by molar-refractivity contribution is 9.10. The van der Waals surface area contributed by atoms with Gasteiger partial charge < -0.3 is 5.32 Å². The molecule has 2 heterocycles. The van der Waals surface area contributed by atoms with Crippen LogP contribution in [-0.4, -0.2) is 39.9 Å². The standard InChI is InChI=1S/C15H25BrN4/c1-4-12-7-17-13(11-5-6-11)8-20(12)9-14-15(16)10(2)18-19(14)3/h11-13,17H,4-9H2,1-3H3. The van der Waals surface area contributed by atoms with Crippen molar-refractivity contribution in [3.63, 3.8) is 0 Å². The van der Waals surface area contributed by atoms with E-state index >= 15 is 0 Å². The van der Waals surface area contributed by atoms with Gasteiger partial charge in [-0.3, -0.25) is 9.58 Å². The van der Waals surface area contributed by atoms with Crippen molar-refractivity contribution in [1.82, 2.24) is 20.0 Å². The highest BCUT2D eigenvalue weighted by Crippen LogP contribution is 2.35. The van der Waals surface area contributed by atoms with Gasteiger partial charge in [0.05, 0.1) is 15.9 Å². The van der Waals surface area contributed by atoms with Gasteiger partial charge in [-0.1, -0.05) is 6.92 Å². The van der Waals surface area contributed by atoms with Gasteiger partial charge in [0.25, 0.3) is 0 Å². The van der Waals surface area contributed by atoms with Crippen molar-refractivity contribution in [2.75, 3.05) is 13.1 Å². The molecule has 0 bridgehead atoms. The van der Waals surface area contributed by atoms with Gasteiger partial charge >= 0.3 is 0 Å². The Morgan fingerprint density at radius 3 is 2.70 bits per heavy atom. The number of piperazine rings is 1. The van der Waals surface area contributed by atoms with Gasteiger partial charge in [-0.25, -0.2) is 0 Å². The van der Waals surface area contributed by atoms with Crippen LogP contribution in [0.5, 0.6) is 0 Å². The second-order valence-electron chi connectivity index (χ2n) is 6.31. The summed E-state index contributed by atoms with van der Waals surface area (Å²) >= 11 is 3.70. The molecule has 1 aliphatic carbocycles. The first-order valence-corrected chi connectivity index (χ1v) is 8.54. The first-order chi connectivity index (χ1) is 9.60. The van der Waals surface area contributed by atoms with E-state index in [-0.39, 0.29) is 0 Å². The average Bonchev–Trinajstić information content (AvgIpc) is 3.24. The number of nitrogens with one attached hydrogen (secondary N) is 1. The van der Waals surface area contributed by atoms with Gasteiger partial charge in [0.15, 0.2) is 0 Å². The summed E-state index contributed by atoms with van der Waals surface area (Å²) in [5.41, 5.74) is 2.39. The molecule has 0 spiro atoms. The van der Waals surface area contributed by atoms with E-state index in [0.29, 0.717) is 12.1 Å². The lowest BCUT2D eigenvalue weighted by Gasteiger charge is -2.40. The van der Waals surface area contributed by atoms with Gasteiger partial charge in [0.1, 0.15) is 0 Å². The minimum atomic E-state index is 0.645. The molecule has 0 radical (unpaired) electrons. The van der Waals surface area contributed by atoms with E-state index in [1.165, 1.54) is 36.0 Å². The van der Waals surface area contributed by atoms with Crippen molar-refractivity contribution in [2.45, 2.75) is 51.7 Å². The second-order valence-corrected chi connectivity index (χ2v) is 7.11. The smallest absolute Gasteiger partial charge is 0.0739 e. The van der Waals surface area contributed by atoms with Crippen LogP contribution in [0, 0.1) is 12.8 Å². The Morgan fingerprint density at radius 2 is 2.15 bits per heavy atom. The number of aryl methyl sites for hydroxylation is 2. The summed E-state index contributed by atoms with van der Waals surface area (Å²) in [5.74, 6) is 0.923. The molecular formula is C15H25BrN4. The van der Waals surface area contributed by atoms with Gasteiger partial charge in [0, 0.05) is 38.8 Å². The minimum absolute atomic E-state index is 0.645. The lowest BCUT2D eigenvalue weighted by Crippen LogP contribution is -2.56. The number of hydrogen-bond donors (Lipinski definition) is 1. The molecule has 112 valence electrons. The quantitative estimate of drug-likeness (QED) is 0.913. The molecule has 1 aromatic rings. The predicted molar refractivity (Wildman–Crippen MR) is 84.6 cm³/mol. The van der Waals surface area contributed by atoms with Crippen LogP contribution in [0.25, 0.3) is 0 Å². The van der Waals surface area contributed by atoms with Gasteiger partial charge in [-0.05, 0) is 48.0 Å². The number of aromatic nitrogens is 2. The second kappa shape index (κ2) is 5.78. The summed E-state index contributed by atoms with van der Waals surface area (Å²) in [6.07, 6.45) is 4.03. The molecular weight excluding hydrogens is 316 g/mol. The van der Waals surface area contributed by atoms with Crippen LogP contribution in [0.15, 0.2) is 4.47 Å². The lowest BCUT2D eigenvalue weighted by atomic mass is 10.0. The molecule has 0 aromatic carbocycles. The van der Waals surface area contributed by atoms with E-state index in [2.05, 4.69) is 52.1 Å². The molecule has 2 atom stereocenters. The molecule has 1 aliphatic heterocycles. The van der Waals surface area contributed by atoms with Crippen LogP contribution in [0.4, 0.5) is 0 Å². The molecule has 0 amide bonds. The molecule has 4 nitrogen and oxygen atoms in total. The Morgan fingerprint density at radius 1 is 1.40 bits per heavy atom. The summed E-state index contributed by atoms with van der Waals surface area (Å²) in [6, 6.07) is 1.35. The third-order valence-corrected chi connectivity index (χ3v) is 5.87. The lowest BCUT2D eigenvalue weighted by molar-refractivity contribution is 0.109. The maximum absolute atomic E-state index is 4.52. The Kier molecular flexibility index (Phi) is 4.20. The van der Waals surface area contributed by atoms with E-state index in [4.69, 9.17) is 0 Å². The molecule has 2 aliphatic rings. The zero-order valence-corrected chi connectivity index (χ0v) is 14.3. The molecule has 1 aromatic heterocycles. The van der Waals surface area contributed by atoms with E-state index in [1.807, 2.05) is 4.68 Å². The topological polar surface area (TPSA) is 33.1 Å². The van der Waals surface area contributed by atoms with Crippen LogP contribution < -0.4 is 5.32 Å². The maximum atomic E-state index is 4.52. The van der Waals surface area contributed by atoms with Crippen LogP contribution in [0.3, 0.4) is 0 Å². The van der Waals surface area contributed by atoms with Crippen LogP contribution in [0.1, 0.15) is 37.6 Å². The summed E-state index contributed by atoms with van der Waals surface area (Å²) in [4.78, 5) is 2.65. The summed E-state index contributed by atoms with van der Waals surface area (Å²) in [5, 5.41) is 8.28. The van der Waals surface area contributed by atoms with Crippen molar-refractivity contribution in [2.24, 2.45) is 13.0 Å². The van der Waals surface area contributed by atoms with E-state index in [0.717, 1.165) is 24.7 Å². The largest absolute Gasteiger partial charge is 0.311 e. The fourth-order valence-corrected chi connectivity index (χ4v) is 3.80. The zero-order chi connectivity index (χ0) is 14.3. The van der Waals surface area contributed by atoms with Gasteiger partial charge in [0.2, 0.25) is 0 Å². The maximum Gasteiger partial charge on any atom is 0.0739 e. The average molecular weight is 341 g/mol. The van der Waals surface area contributed by atoms with Crippen LogP contribution in [-0.2, 0) is 13.6 Å². The minimum Gasteiger partial charge on any atom is -0.311 e. The molecule has 1 saturated carbocycles. The van der Waals surface area contributed by atoms with Crippen molar-refractivity contribution < 1.29 is 0 Å². The Hall–Kier alpha value is -0.390. The highest BCUT2D eigenvalue weighted by Gasteiger charge is 2.37. The Balaban J connectivity index is 1.75. The number of hydrogen-bond acceptors (Lipinski definition) is 3. The summed E-state index contributed by atoms with van der Waals surface area (Å²) < 4.78 is 3.21.